The van der Waals surface area contributed by atoms with Crippen molar-refractivity contribution in [1.82, 2.24) is 5.32 Å². The maximum absolute atomic E-state index is 12.9. The Kier molecular flexibility index (Phi) is 3.11. The van der Waals surface area contributed by atoms with Crippen LogP contribution < -0.4 is 10.2 Å². The second kappa shape index (κ2) is 4.44. The van der Waals surface area contributed by atoms with Crippen molar-refractivity contribution in [3.8, 4) is 0 Å². The van der Waals surface area contributed by atoms with Crippen molar-refractivity contribution >= 4 is 5.69 Å². The number of methoxy groups -OCH3 is 1. The zero-order valence-electron chi connectivity index (χ0n) is 9.95. The first-order chi connectivity index (χ1) is 8.43. The van der Waals surface area contributed by atoms with Crippen LogP contribution in [0.4, 0.5) is 18.9 Å². The van der Waals surface area contributed by atoms with E-state index in [9.17, 15) is 13.2 Å². The molecule has 1 atom stereocenters. The first-order valence-electron chi connectivity index (χ1n) is 5.36. The highest BCUT2D eigenvalue weighted by atomic mass is 19.4. The molecule has 1 aromatic carbocycles. The molecule has 0 saturated heterocycles. The lowest BCUT2D eigenvalue weighted by molar-refractivity contribution is -0.151. The van der Waals surface area contributed by atoms with Crippen molar-refractivity contribution in [3.63, 3.8) is 0 Å². The Morgan fingerprint density at radius 1 is 1.22 bits per heavy atom. The fraction of sp³-hybridized carbons (Fsp3) is 0.333. The molecule has 1 unspecified atom stereocenters. The molecule has 1 aliphatic rings. The smallest absolute Gasteiger partial charge is 0.427 e. The van der Waals surface area contributed by atoms with Crippen molar-refractivity contribution in [1.29, 1.82) is 0 Å². The monoisotopic (exact) mass is 258 g/mol. The van der Waals surface area contributed by atoms with Crippen molar-refractivity contribution < 1.29 is 17.9 Å². The zero-order chi connectivity index (χ0) is 13.3. The van der Waals surface area contributed by atoms with Crippen LogP contribution in [-0.4, -0.2) is 19.5 Å². The summed E-state index contributed by atoms with van der Waals surface area (Å²) in [6.45, 7) is 1.88. The van der Waals surface area contributed by atoms with E-state index in [0.717, 1.165) is 10.5 Å². The van der Waals surface area contributed by atoms with Gasteiger partial charge in [0.1, 0.15) is 0 Å². The van der Waals surface area contributed by atoms with Gasteiger partial charge in [-0.1, -0.05) is 17.7 Å². The second-order valence-corrected chi connectivity index (χ2v) is 4.00. The second-order valence-electron chi connectivity index (χ2n) is 4.00. The van der Waals surface area contributed by atoms with Crippen LogP contribution in [-0.2, 0) is 4.74 Å². The molecular formula is C12H13F3N2O. The van der Waals surface area contributed by atoms with E-state index < -0.39 is 12.3 Å². The molecule has 0 radical (unpaired) electrons. The third kappa shape index (κ3) is 2.23. The predicted octanol–water partition coefficient (Wildman–Crippen LogP) is 2.74. The van der Waals surface area contributed by atoms with Gasteiger partial charge < -0.3 is 10.1 Å². The molecule has 0 spiro atoms. The number of hydrogen-bond donors (Lipinski definition) is 1. The van der Waals surface area contributed by atoms with Gasteiger partial charge in [0.15, 0.2) is 0 Å². The molecular weight excluding hydrogens is 245 g/mol. The number of nitrogens with zero attached hydrogens (tertiary/aromatic N) is 1. The van der Waals surface area contributed by atoms with Gasteiger partial charge >= 0.3 is 6.18 Å². The lowest BCUT2D eigenvalue weighted by Crippen LogP contribution is -2.48. The van der Waals surface area contributed by atoms with E-state index in [-0.39, 0.29) is 5.88 Å². The average molecular weight is 258 g/mol. The topological polar surface area (TPSA) is 24.5 Å². The lowest BCUT2D eigenvalue weighted by atomic mass is 10.2. The van der Waals surface area contributed by atoms with Gasteiger partial charge in [0.05, 0.1) is 13.3 Å². The molecule has 6 heteroatoms. The summed E-state index contributed by atoms with van der Waals surface area (Å²) in [5.41, 5.74) is 1.42. The van der Waals surface area contributed by atoms with Gasteiger partial charge in [-0.15, -0.1) is 0 Å². The minimum atomic E-state index is -4.39. The maximum atomic E-state index is 12.9. The van der Waals surface area contributed by atoms with Crippen LogP contribution in [0, 0.1) is 6.92 Å². The molecule has 0 aromatic heterocycles. The first kappa shape index (κ1) is 12.6. The number of hydrogen-bond acceptors (Lipinski definition) is 3. The Bertz CT molecular complexity index is 453. The summed E-state index contributed by atoms with van der Waals surface area (Å²) in [6, 6.07) is 6.78. The summed E-state index contributed by atoms with van der Waals surface area (Å²) in [5, 5.41) is 2.27. The number of aryl methyl sites for hydroxylation is 1. The highest BCUT2D eigenvalue weighted by Gasteiger charge is 2.48. The van der Waals surface area contributed by atoms with E-state index in [1.807, 2.05) is 6.92 Å². The summed E-state index contributed by atoms with van der Waals surface area (Å²) in [5.74, 6) is 0.140. The zero-order valence-corrected chi connectivity index (χ0v) is 9.95. The highest BCUT2D eigenvalue weighted by molar-refractivity contribution is 5.54. The van der Waals surface area contributed by atoms with Gasteiger partial charge in [0.2, 0.25) is 12.0 Å². The van der Waals surface area contributed by atoms with E-state index >= 15 is 0 Å². The molecule has 1 heterocycles. The number of ether oxygens (including phenoxy) is 1. The van der Waals surface area contributed by atoms with E-state index in [0.29, 0.717) is 5.69 Å². The number of alkyl halides is 3. The van der Waals surface area contributed by atoms with Crippen LogP contribution in [0.3, 0.4) is 0 Å². The Balaban J connectivity index is 2.36. The summed E-state index contributed by atoms with van der Waals surface area (Å²) in [6.07, 6.45) is -4.96. The predicted molar refractivity (Wildman–Crippen MR) is 61.7 cm³/mol. The number of rotatable bonds is 2. The molecule has 1 aromatic rings. The largest absolute Gasteiger partial charge is 0.481 e. The van der Waals surface area contributed by atoms with Crippen LogP contribution in [0.5, 0.6) is 0 Å². The van der Waals surface area contributed by atoms with E-state index in [1.165, 1.54) is 13.3 Å². The van der Waals surface area contributed by atoms with Crippen molar-refractivity contribution in [3.05, 3.63) is 41.9 Å². The molecule has 0 aliphatic carbocycles. The Labute approximate surface area is 103 Å². The fourth-order valence-corrected chi connectivity index (χ4v) is 1.80. The molecule has 1 aliphatic heterocycles. The molecule has 0 fully saturated rings. The molecule has 0 amide bonds. The van der Waals surface area contributed by atoms with Crippen LogP contribution in [0.15, 0.2) is 36.3 Å². The number of anilines is 1. The number of nitrogens with one attached hydrogen (secondary N) is 1. The van der Waals surface area contributed by atoms with Gasteiger partial charge in [-0.25, -0.2) is 0 Å². The lowest BCUT2D eigenvalue weighted by Gasteiger charge is -2.29. The fourth-order valence-electron chi connectivity index (χ4n) is 1.80. The minimum absolute atomic E-state index is 0.140. The Morgan fingerprint density at radius 2 is 1.83 bits per heavy atom. The average Bonchev–Trinajstić information content (AvgIpc) is 2.73. The molecule has 1 N–H and O–H groups in total. The SMILES string of the molecule is COC1=CNC(C(F)(F)F)N1c1ccc(C)cc1. The van der Waals surface area contributed by atoms with Gasteiger partial charge in [-0.05, 0) is 19.1 Å². The van der Waals surface area contributed by atoms with Gasteiger partial charge in [0.25, 0.3) is 0 Å². The quantitative estimate of drug-likeness (QED) is 0.882. The van der Waals surface area contributed by atoms with Crippen LogP contribution in [0.2, 0.25) is 0 Å². The van der Waals surface area contributed by atoms with Gasteiger partial charge in [0, 0.05) is 5.69 Å². The summed E-state index contributed by atoms with van der Waals surface area (Å²) in [7, 11) is 1.34. The van der Waals surface area contributed by atoms with Crippen LogP contribution in [0.1, 0.15) is 5.56 Å². The van der Waals surface area contributed by atoms with E-state index in [1.54, 1.807) is 24.3 Å². The Morgan fingerprint density at radius 3 is 2.33 bits per heavy atom. The Hall–Kier alpha value is -1.85. The highest BCUT2D eigenvalue weighted by Crippen LogP contribution is 2.33. The van der Waals surface area contributed by atoms with Crippen molar-refractivity contribution in [2.45, 2.75) is 19.3 Å². The van der Waals surface area contributed by atoms with Crippen molar-refractivity contribution in [2.75, 3.05) is 12.0 Å². The van der Waals surface area contributed by atoms with Crippen LogP contribution in [0.25, 0.3) is 0 Å². The summed E-state index contributed by atoms with van der Waals surface area (Å²) < 4.78 is 43.6. The molecule has 2 rings (SSSR count). The minimum Gasteiger partial charge on any atom is -0.481 e. The first-order valence-corrected chi connectivity index (χ1v) is 5.36. The molecule has 18 heavy (non-hydrogen) atoms. The van der Waals surface area contributed by atoms with Crippen molar-refractivity contribution in [2.24, 2.45) is 0 Å². The summed E-state index contributed by atoms with van der Waals surface area (Å²) >= 11 is 0. The standard InChI is InChI=1S/C12H13F3N2O/c1-8-3-5-9(6-4-8)17-10(18-2)7-16-11(17)12(13,14)15/h3-7,11,16H,1-2H3. The third-order valence-electron chi connectivity index (χ3n) is 2.69. The molecule has 0 saturated carbocycles. The molecule has 98 valence electrons. The molecule has 3 nitrogen and oxygen atoms in total. The van der Waals surface area contributed by atoms with Gasteiger partial charge in [-0.2, -0.15) is 13.2 Å². The van der Waals surface area contributed by atoms with E-state index in [2.05, 4.69) is 5.32 Å². The number of benzene rings is 1. The normalized spacial score (nSPS) is 19.5. The number of halogens is 3. The van der Waals surface area contributed by atoms with Gasteiger partial charge in [-0.3, -0.25) is 4.90 Å². The van der Waals surface area contributed by atoms with E-state index in [4.69, 9.17) is 4.74 Å². The maximum Gasteiger partial charge on any atom is 0.427 e. The summed E-state index contributed by atoms with van der Waals surface area (Å²) in [4.78, 5) is 1.08. The van der Waals surface area contributed by atoms with Crippen LogP contribution >= 0.6 is 0 Å². The molecule has 0 bridgehead atoms. The third-order valence-corrected chi connectivity index (χ3v) is 2.69.